The van der Waals surface area contributed by atoms with E-state index in [1.807, 2.05) is 6.07 Å². The number of aromatic nitrogens is 1. The van der Waals surface area contributed by atoms with Gasteiger partial charge in [0.05, 0.1) is 18.9 Å². The Morgan fingerprint density at radius 2 is 2.20 bits per heavy atom. The molecule has 0 bridgehead atoms. The molecule has 0 atom stereocenters. The van der Waals surface area contributed by atoms with Crippen molar-refractivity contribution < 1.29 is 14.3 Å². The highest BCUT2D eigenvalue weighted by atomic mass is 16.5. The molecule has 0 unspecified atom stereocenters. The maximum Gasteiger partial charge on any atom is 0.168 e. The van der Waals surface area contributed by atoms with E-state index < -0.39 is 0 Å². The Morgan fingerprint density at radius 1 is 1.35 bits per heavy atom. The first-order valence-electron chi connectivity index (χ1n) is 5.88. The topological polar surface area (TPSA) is 72.2 Å². The van der Waals surface area contributed by atoms with Crippen molar-refractivity contribution in [3.05, 3.63) is 53.3 Å². The van der Waals surface area contributed by atoms with E-state index in [1.165, 1.54) is 13.3 Å². The summed E-state index contributed by atoms with van der Waals surface area (Å²) >= 11 is 0. The van der Waals surface area contributed by atoms with Crippen molar-refractivity contribution in [2.45, 2.75) is 6.61 Å². The molecule has 2 rings (SSSR count). The largest absolute Gasteiger partial charge is 0.495 e. The fourth-order valence-electron chi connectivity index (χ4n) is 1.65. The number of benzene rings is 1. The van der Waals surface area contributed by atoms with Crippen LogP contribution in [0.4, 0.5) is 0 Å². The van der Waals surface area contributed by atoms with Crippen LogP contribution in [0.25, 0.3) is 0 Å². The van der Waals surface area contributed by atoms with E-state index in [1.54, 1.807) is 24.3 Å². The van der Waals surface area contributed by atoms with Crippen LogP contribution in [-0.2, 0) is 6.61 Å². The zero-order valence-electron chi connectivity index (χ0n) is 10.9. The number of hydrogen-bond acceptors (Lipinski definition) is 5. The molecule has 1 heterocycles. The van der Waals surface area contributed by atoms with E-state index in [4.69, 9.17) is 14.7 Å². The molecule has 0 radical (unpaired) electrons. The molecule has 0 saturated carbocycles. The molecular weight excluding hydrogens is 256 g/mol. The lowest BCUT2D eigenvalue weighted by molar-refractivity contribution is 0.111. The summed E-state index contributed by atoms with van der Waals surface area (Å²) in [5, 5.41) is 9.00. The summed E-state index contributed by atoms with van der Waals surface area (Å²) in [6.07, 6.45) is 2.16. The average molecular weight is 268 g/mol. The molecule has 0 aliphatic heterocycles. The van der Waals surface area contributed by atoms with Gasteiger partial charge >= 0.3 is 0 Å². The first kappa shape index (κ1) is 13.6. The van der Waals surface area contributed by atoms with Crippen LogP contribution in [0.15, 0.2) is 36.5 Å². The van der Waals surface area contributed by atoms with Gasteiger partial charge in [0.15, 0.2) is 6.29 Å². The highest BCUT2D eigenvalue weighted by Gasteiger charge is 2.04. The maximum absolute atomic E-state index is 10.5. The summed E-state index contributed by atoms with van der Waals surface area (Å²) in [6.45, 7) is 0.306. The molecule has 100 valence electrons. The van der Waals surface area contributed by atoms with E-state index >= 15 is 0 Å². The van der Waals surface area contributed by atoms with Crippen molar-refractivity contribution >= 4 is 6.29 Å². The Balaban J connectivity index is 2.06. The standard InChI is InChI=1S/C15H12N2O3/c1-19-15-5-2-11(6-12(15)7-16)10-20-14-4-3-13(9-18)17-8-14/h2-6,8-9H,10H2,1H3. The molecule has 5 heteroatoms. The molecule has 1 aromatic carbocycles. The van der Waals surface area contributed by atoms with Crippen molar-refractivity contribution in [1.29, 1.82) is 5.26 Å². The molecule has 1 aromatic heterocycles. The van der Waals surface area contributed by atoms with Crippen molar-refractivity contribution in [3.8, 4) is 17.6 Å². The molecule has 0 aliphatic carbocycles. The van der Waals surface area contributed by atoms with Gasteiger partial charge in [0.2, 0.25) is 0 Å². The summed E-state index contributed by atoms with van der Waals surface area (Å²) < 4.78 is 10.6. The van der Waals surface area contributed by atoms with Gasteiger partial charge in [0, 0.05) is 0 Å². The van der Waals surface area contributed by atoms with Gasteiger partial charge in [-0.1, -0.05) is 6.07 Å². The van der Waals surface area contributed by atoms with Crippen LogP contribution in [0.1, 0.15) is 21.6 Å². The van der Waals surface area contributed by atoms with Gasteiger partial charge in [-0.15, -0.1) is 0 Å². The van der Waals surface area contributed by atoms with Crippen LogP contribution in [-0.4, -0.2) is 18.4 Å². The molecule has 0 spiro atoms. The SMILES string of the molecule is COc1ccc(COc2ccc(C=O)nc2)cc1C#N. The van der Waals surface area contributed by atoms with E-state index in [-0.39, 0.29) is 0 Å². The number of pyridine rings is 1. The van der Waals surface area contributed by atoms with E-state index in [0.717, 1.165) is 5.56 Å². The number of aldehydes is 1. The number of hydrogen-bond donors (Lipinski definition) is 0. The average Bonchev–Trinajstić information content (AvgIpc) is 2.53. The smallest absolute Gasteiger partial charge is 0.168 e. The first-order valence-corrected chi connectivity index (χ1v) is 5.88. The third-order valence-corrected chi connectivity index (χ3v) is 2.67. The Kier molecular flexibility index (Phi) is 4.30. The second kappa shape index (κ2) is 6.34. The van der Waals surface area contributed by atoms with Crippen LogP contribution in [0.3, 0.4) is 0 Å². The van der Waals surface area contributed by atoms with Gasteiger partial charge in [0.1, 0.15) is 29.9 Å². The molecule has 0 fully saturated rings. The molecular formula is C15H12N2O3. The number of carbonyl (C=O) groups excluding carboxylic acids is 1. The van der Waals surface area contributed by atoms with Gasteiger partial charge in [-0.3, -0.25) is 4.79 Å². The zero-order valence-corrected chi connectivity index (χ0v) is 10.9. The van der Waals surface area contributed by atoms with Gasteiger partial charge < -0.3 is 9.47 Å². The first-order chi connectivity index (χ1) is 9.76. The second-order valence-corrected chi connectivity index (χ2v) is 3.97. The lowest BCUT2D eigenvalue weighted by atomic mass is 10.1. The van der Waals surface area contributed by atoms with Gasteiger partial charge in [0.25, 0.3) is 0 Å². The zero-order chi connectivity index (χ0) is 14.4. The molecule has 0 aliphatic rings. The van der Waals surface area contributed by atoms with Crippen LogP contribution < -0.4 is 9.47 Å². The van der Waals surface area contributed by atoms with Crippen molar-refractivity contribution in [3.63, 3.8) is 0 Å². The Labute approximate surface area is 116 Å². The van der Waals surface area contributed by atoms with Gasteiger partial charge in [-0.25, -0.2) is 4.98 Å². The monoisotopic (exact) mass is 268 g/mol. The van der Waals surface area contributed by atoms with E-state index in [0.29, 0.717) is 35.6 Å². The molecule has 2 aromatic rings. The second-order valence-electron chi connectivity index (χ2n) is 3.97. The minimum atomic E-state index is 0.306. The quantitative estimate of drug-likeness (QED) is 0.778. The number of carbonyl (C=O) groups is 1. The molecule has 20 heavy (non-hydrogen) atoms. The molecule has 0 saturated heterocycles. The third kappa shape index (κ3) is 3.12. The maximum atomic E-state index is 10.5. The number of methoxy groups -OCH3 is 1. The van der Waals surface area contributed by atoms with Crippen LogP contribution in [0.2, 0.25) is 0 Å². The normalized spacial score (nSPS) is 9.60. The van der Waals surface area contributed by atoms with Gasteiger partial charge in [-0.2, -0.15) is 5.26 Å². The van der Waals surface area contributed by atoms with Crippen LogP contribution in [0, 0.1) is 11.3 Å². The third-order valence-electron chi connectivity index (χ3n) is 2.67. The van der Waals surface area contributed by atoms with E-state index in [9.17, 15) is 4.79 Å². The summed E-state index contributed by atoms with van der Waals surface area (Å²) in [4.78, 5) is 14.4. The van der Waals surface area contributed by atoms with Gasteiger partial charge in [-0.05, 0) is 29.8 Å². The number of ether oxygens (including phenoxy) is 2. The lowest BCUT2D eigenvalue weighted by Gasteiger charge is -2.08. The molecule has 0 N–H and O–H groups in total. The number of nitriles is 1. The minimum absolute atomic E-state index is 0.306. The summed E-state index contributed by atoms with van der Waals surface area (Å²) in [5.74, 6) is 1.10. The van der Waals surface area contributed by atoms with Crippen molar-refractivity contribution in [1.82, 2.24) is 4.98 Å². The molecule has 5 nitrogen and oxygen atoms in total. The minimum Gasteiger partial charge on any atom is -0.495 e. The fourth-order valence-corrected chi connectivity index (χ4v) is 1.65. The highest BCUT2D eigenvalue weighted by molar-refractivity contribution is 5.71. The van der Waals surface area contributed by atoms with Crippen LogP contribution >= 0.6 is 0 Å². The number of nitrogens with zero attached hydrogens (tertiary/aromatic N) is 2. The Hall–Kier alpha value is -2.87. The predicted molar refractivity (Wildman–Crippen MR) is 71.7 cm³/mol. The predicted octanol–water partition coefficient (Wildman–Crippen LogP) is 2.35. The summed E-state index contributed by atoms with van der Waals surface area (Å²) in [7, 11) is 1.52. The highest BCUT2D eigenvalue weighted by Crippen LogP contribution is 2.20. The van der Waals surface area contributed by atoms with Crippen molar-refractivity contribution in [2.75, 3.05) is 7.11 Å². The number of rotatable bonds is 5. The fraction of sp³-hybridized carbons (Fsp3) is 0.133. The lowest BCUT2D eigenvalue weighted by Crippen LogP contribution is -1.98. The summed E-state index contributed by atoms with van der Waals surface area (Å²) in [5.41, 5.74) is 1.67. The Bertz CT molecular complexity index is 645. The van der Waals surface area contributed by atoms with Crippen molar-refractivity contribution in [2.24, 2.45) is 0 Å². The molecule has 0 amide bonds. The summed E-state index contributed by atoms with van der Waals surface area (Å²) in [6, 6.07) is 10.6. The van der Waals surface area contributed by atoms with Crippen LogP contribution in [0.5, 0.6) is 11.5 Å². The Morgan fingerprint density at radius 3 is 2.80 bits per heavy atom. The van der Waals surface area contributed by atoms with E-state index in [2.05, 4.69) is 11.1 Å².